The molecule has 0 bridgehead atoms. The number of hydrogen-bond donors (Lipinski definition) is 2. The molecule has 0 spiro atoms. The summed E-state index contributed by atoms with van der Waals surface area (Å²) in [7, 11) is 0. The zero-order valence-electron chi connectivity index (χ0n) is 14.7. The Kier molecular flexibility index (Phi) is 6.06. The van der Waals surface area contributed by atoms with E-state index in [2.05, 4.69) is 10.2 Å². The lowest BCUT2D eigenvalue weighted by atomic mass is 10.0. The number of aromatic hydroxyl groups is 1. The van der Waals surface area contributed by atoms with E-state index in [0.29, 0.717) is 25.4 Å². The van der Waals surface area contributed by atoms with Crippen molar-refractivity contribution in [3.8, 4) is 5.75 Å². The fourth-order valence-electron chi connectivity index (χ4n) is 3.01. The van der Waals surface area contributed by atoms with Gasteiger partial charge in [0.05, 0.1) is 0 Å². The number of phenolic OH excluding ortho intramolecular Hbond substituents is 1. The molecule has 1 unspecified atom stereocenters. The predicted octanol–water partition coefficient (Wildman–Crippen LogP) is 1.59. The predicted molar refractivity (Wildman–Crippen MR) is 94.0 cm³/mol. The molecule has 1 aromatic carbocycles. The number of anilines is 1. The molecule has 0 saturated carbocycles. The summed E-state index contributed by atoms with van der Waals surface area (Å²) in [5.41, 5.74) is 1.04. The van der Waals surface area contributed by atoms with Gasteiger partial charge < -0.3 is 20.2 Å². The summed E-state index contributed by atoms with van der Waals surface area (Å²) in [5, 5.41) is 12.2. The summed E-state index contributed by atoms with van der Waals surface area (Å²) < 4.78 is 0. The molecular weight excluding hydrogens is 306 g/mol. The Hall–Kier alpha value is -2.24. The maximum absolute atomic E-state index is 12.7. The third kappa shape index (κ3) is 4.88. The molecule has 132 valence electrons. The Balaban J connectivity index is 1.95. The highest BCUT2D eigenvalue weighted by atomic mass is 16.3. The second-order valence-corrected chi connectivity index (χ2v) is 6.71. The van der Waals surface area contributed by atoms with Crippen molar-refractivity contribution in [3.63, 3.8) is 0 Å². The first-order valence-corrected chi connectivity index (χ1v) is 8.46. The molecule has 1 aliphatic heterocycles. The van der Waals surface area contributed by atoms with Crippen LogP contribution in [0, 0.1) is 5.92 Å². The van der Waals surface area contributed by atoms with Gasteiger partial charge in [0.25, 0.3) is 0 Å². The van der Waals surface area contributed by atoms with Gasteiger partial charge in [-0.05, 0) is 36.6 Å². The van der Waals surface area contributed by atoms with Crippen molar-refractivity contribution in [3.05, 3.63) is 24.3 Å². The van der Waals surface area contributed by atoms with Gasteiger partial charge in [0.1, 0.15) is 11.8 Å². The maximum Gasteiger partial charge on any atom is 0.245 e. The van der Waals surface area contributed by atoms with E-state index in [-0.39, 0.29) is 17.6 Å². The molecule has 1 saturated heterocycles. The fraction of sp³-hybridized carbons (Fsp3) is 0.556. The van der Waals surface area contributed by atoms with E-state index in [0.717, 1.165) is 18.8 Å². The Morgan fingerprint density at radius 2 is 1.71 bits per heavy atom. The van der Waals surface area contributed by atoms with Gasteiger partial charge in [0, 0.05) is 38.8 Å². The highest BCUT2D eigenvalue weighted by molar-refractivity contribution is 5.87. The number of piperazine rings is 1. The molecule has 6 nitrogen and oxygen atoms in total. The Morgan fingerprint density at radius 1 is 1.12 bits per heavy atom. The number of nitrogens with zero attached hydrogens (tertiary/aromatic N) is 2. The highest BCUT2D eigenvalue weighted by Crippen LogP contribution is 2.20. The lowest BCUT2D eigenvalue weighted by molar-refractivity contribution is -0.136. The van der Waals surface area contributed by atoms with Crippen LogP contribution in [0.3, 0.4) is 0 Å². The summed E-state index contributed by atoms with van der Waals surface area (Å²) in [6, 6.07) is 6.66. The summed E-state index contributed by atoms with van der Waals surface area (Å²) in [6.45, 7) is 8.29. The fourth-order valence-corrected chi connectivity index (χ4v) is 3.01. The lowest BCUT2D eigenvalue weighted by Crippen LogP contribution is -2.55. The van der Waals surface area contributed by atoms with Crippen LogP contribution >= 0.6 is 0 Å². The third-order valence-corrected chi connectivity index (χ3v) is 4.19. The smallest absolute Gasteiger partial charge is 0.245 e. The Labute approximate surface area is 143 Å². The lowest BCUT2D eigenvalue weighted by Gasteiger charge is -2.38. The molecule has 24 heavy (non-hydrogen) atoms. The van der Waals surface area contributed by atoms with Crippen molar-refractivity contribution >= 4 is 17.5 Å². The molecule has 1 aromatic rings. The van der Waals surface area contributed by atoms with Crippen LogP contribution in [0.1, 0.15) is 27.2 Å². The van der Waals surface area contributed by atoms with Crippen molar-refractivity contribution in [1.29, 1.82) is 0 Å². The second kappa shape index (κ2) is 8.04. The zero-order valence-corrected chi connectivity index (χ0v) is 14.7. The van der Waals surface area contributed by atoms with Gasteiger partial charge in [-0.1, -0.05) is 13.8 Å². The Morgan fingerprint density at radius 3 is 2.21 bits per heavy atom. The van der Waals surface area contributed by atoms with Crippen molar-refractivity contribution in [2.24, 2.45) is 5.92 Å². The minimum absolute atomic E-state index is 0.00394. The van der Waals surface area contributed by atoms with Crippen LogP contribution in [0.2, 0.25) is 0 Å². The monoisotopic (exact) mass is 333 g/mol. The van der Waals surface area contributed by atoms with E-state index in [1.54, 1.807) is 12.1 Å². The topological polar surface area (TPSA) is 72.9 Å². The van der Waals surface area contributed by atoms with E-state index in [1.165, 1.54) is 6.92 Å². The molecule has 2 N–H and O–H groups in total. The summed E-state index contributed by atoms with van der Waals surface area (Å²) in [5.74, 6) is 0.421. The molecule has 1 atom stereocenters. The number of phenols is 1. The molecule has 2 rings (SSSR count). The van der Waals surface area contributed by atoms with E-state index in [4.69, 9.17) is 0 Å². The van der Waals surface area contributed by atoms with Gasteiger partial charge in [-0.25, -0.2) is 0 Å². The normalized spacial score (nSPS) is 16.2. The standard InChI is InChI=1S/C18H27N3O3/c1-13(2)12-17(19-14(3)22)18(24)21-10-8-20(9-11-21)15-4-6-16(23)7-5-15/h4-7,13,17,23H,8-12H2,1-3H3,(H,19,22). The third-order valence-electron chi connectivity index (χ3n) is 4.19. The van der Waals surface area contributed by atoms with E-state index in [1.807, 2.05) is 30.9 Å². The minimum atomic E-state index is -0.442. The average molecular weight is 333 g/mol. The molecule has 0 aromatic heterocycles. The number of carbonyl (C=O) groups excluding carboxylic acids is 2. The number of carbonyl (C=O) groups is 2. The van der Waals surface area contributed by atoms with Gasteiger partial charge >= 0.3 is 0 Å². The quantitative estimate of drug-likeness (QED) is 0.858. The second-order valence-electron chi connectivity index (χ2n) is 6.71. The van der Waals surface area contributed by atoms with Gasteiger partial charge in [-0.15, -0.1) is 0 Å². The van der Waals surface area contributed by atoms with Crippen molar-refractivity contribution < 1.29 is 14.7 Å². The molecule has 6 heteroatoms. The average Bonchev–Trinajstić information content (AvgIpc) is 2.53. The van der Waals surface area contributed by atoms with Gasteiger partial charge in [-0.2, -0.15) is 0 Å². The van der Waals surface area contributed by atoms with Gasteiger partial charge in [0.2, 0.25) is 11.8 Å². The number of hydrogen-bond acceptors (Lipinski definition) is 4. The molecule has 0 radical (unpaired) electrons. The Bertz CT molecular complexity index is 563. The largest absolute Gasteiger partial charge is 0.508 e. The number of rotatable bonds is 5. The number of benzene rings is 1. The van der Waals surface area contributed by atoms with Crippen molar-refractivity contribution in [1.82, 2.24) is 10.2 Å². The number of nitrogens with one attached hydrogen (secondary N) is 1. The first kappa shape index (κ1) is 18.1. The molecule has 1 aliphatic rings. The van der Waals surface area contributed by atoms with Gasteiger partial charge in [-0.3, -0.25) is 9.59 Å². The van der Waals surface area contributed by atoms with Crippen molar-refractivity contribution in [2.75, 3.05) is 31.1 Å². The number of amides is 2. The highest BCUT2D eigenvalue weighted by Gasteiger charge is 2.28. The summed E-state index contributed by atoms with van der Waals surface area (Å²) in [4.78, 5) is 28.1. The maximum atomic E-state index is 12.7. The van der Waals surface area contributed by atoms with Crippen LogP contribution in [0.25, 0.3) is 0 Å². The first-order valence-electron chi connectivity index (χ1n) is 8.46. The zero-order chi connectivity index (χ0) is 17.7. The summed E-state index contributed by atoms with van der Waals surface area (Å²) in [6.07, 6.45) is 0.649. The van der Waals surface area contributed by atoms with Crippen LogP contribution < -0.4 is 10.2 Å². The molecule has 0 aliphatic carbocycles. The molecular formula is C18H27N3O3. The minimum Gasteiger partial charge on any atom is -0.508 e. The van der Waals surface area contributed by atoms with E-state index in [9.17, 15) is 14.7 Å². The van der Waals surface area contributed by atoms with E-state index >= 15 is 0 Å². The summed E-state index contributed by atoms with van der Waals surface area (Å²) >= 11 is 0. The van der Waals surface area contributed by atoms with E-state index < -0.39 is 6.04 Å². The van der Waals surface area contributed by atoms with Gasteiger partial charge in [0.15, 0.2) is 0 Å². The molecule has 1 fully saturated rings. The van der Waals surface area contributed by atoms with Crippen LogP contribution in [0.4, 0.5) is 5.69 Å². The SMILES string of the molecule is CC(=O)NC(CC(C)C)C(=O)N1CCN(c2ccc(O)cc2)CC1. The molecule has 1 heterocycles. The van der Waals surface area contributed by atoms with Crippen LogP contribution in [-0.4, -0.2) is 54.0 Å². The van der Waals surface area contributed by atoms with Crippen LogP contribution in [0.5, 0.6) is 5.75 Å². The molecule has 2 amide bonds. The van der Waals surface area contributed by atoms with Crippen LogP contribution in [0.15, 0.2) is 24.3 Å². The van der Waals surface area contributed by atoms with Crippen LogP contribution in [-0.2, 0) is 9.59 Å². The first-order chi connectivity index (χ1) is 11.4. The van der Waals surface area contributed by atoms with Crippen molar-refractivity contribution in [2.45, 2.75) is 33.2 Å².